The maximum atomic E-state index is 12.7. The van der Waals surface area contributed by atoms with E-state index in [9.17, 15) is 4.79 Å². The van der Waals surface area contributed by atoms with Gasteiger partial charge in [-0.3, -0.25) is 9.89 Å². The zero-order valence-electron chi connectivity index (χ0n) is 17.8. The number of aryl methyl sites for hydroxylation is 1. The van der Waals surface area contributed by atoms with Crippen LogP contribution in [0.5, 0.6) is 0 Å². The molecule has 0 saturated carbocycles. The van der Waals surface area contributed by atoms with E-state index in [1.807, 2.05) is 59.5 Å². The van der Waals surface area contributed by atoms with Crippen molar-refractivity contribution < 1.29 is 4.79 Å². The van der Waals surface area contributed by atoms with Crippen molar-refractivity contribution in [3.8, 4) is 17.5 Å². The average Bonchev–Trinajstić information content (AvgIpc) is 3.62. The first-order valence-electron chi connectivity index (χ1n) is 10.6. The third-order valence-electron chi connectivity index (χ3n) is 5.22. The number of imidazole rings is 1. The fourth-order valence-electron chi connectivity index (χ4n) is 3.53. The molecule has 2 N–H and O–H groups in total. The Morgan fingerprint density at radius 1 is 1.12 bits per heavy atom. The Labute approximate surface area is 190 Å². The minimum Gasteiger partial charge on any atom is -0.352 e. The minimum absolute atomic E-state index is 0.128. The average molecular weight is 435 g/mol. The van der Waals surface area contributed by atoms with Crippen molar-refractivity contribution in [2.24, 2.45) is 0 Å². The van der Waals surface area contributed by atoms with Gasteiger partial charge in [-0.2, -0.15) is 10.2 Å². The van der Waals surface area contributed by atoms with Crippen LogP contribution in [0.3, 0.4) is 0 Å². The molecule has 1 aromatic carbocycles. The Morgan fingerprint density at radius 2 is 2.09 bits per heavy atom. The highest BCUT2D eigenvalue weighted by Crippen LogP contribution is 2.16. The molecule has 0 bridgehead atoms. The molecule has 0 atom stereocenters. The molecule has 8 nitrogen and oxygen atoms in total. The Morgan fingerprint density at radius 3 is 2.94 bits per heavy atom. The molecule has 0 radical (unpaired) electrons. The fourth-order valence-corrected chi connectivity index (χ4v) is 3.53. The zero-order chi connectivity index (χ0) is 22.5. The molecular formula is C25H21N7O. The van der Waals surface area contributed by atoms with Gasteiger partial charge >= 0.3 is 0 Å². The number of pyridine rings is 1. The van der Waals surface area contributed by atoms with Gasteiger partial charge in [0.2, 0.25) is 0 Å². The zero-order valence-corrected chi connectivity index (χ0v) is 17.8. The summed E-state index contributed by atoms with van der Waals surface area (Å²) in [6, 6.07) is 11.2. The second-order valence-corrected chi connectivity index (χ2v) is 7.51. The molecule has 5 aromatic rings. The summed E-state index contributed by atoms with van der Waals surface area (Å²) in [6.07, 6.45) is 14.5. The fraction of sp³-hybridized carbons (Fsp3) is 0.120. The number of fused-ring (bicyclic) bond motifs is 1. The van der Waals surface area contributed by atoms with E-state index in [-0.39, 0.29) is 5.91 Å². The van der Waals surface area contributed by atoms with Gasteiger partial charge in [-0.25, -0.2) is 9.67 Å². The van der Waals surface area contributed by atoms with Crippen LogP contribution in [0.4, 0.5) is 0 Å². The molecule has 0 fully saturated rings. The summed E-state index contributed by atoms with van der Waals surface area (Å²) >= 11 is 0. The first kappa shape index (κ1) is 20.3. The Hall–Kier alpha value is -4.64. The van der Waals surface area contributed by atoms with Crippen molar-refractivity contribution in [1.82, 2.24) is 34.7 Å². The normalized spacial score (nSPS) is 10.7. The van der Waals surface area contributed by atoms with E-state index in [0.29, 0.717) is 12.1 Å². The van der Waals surface area contributed by atoms with Gasteiger partial charge in [0.1, 0.15) is 5.65 Å². The van der Waals surface area contributed by atoms with Gasteiger partial charge in [-0.15, -0.1) is 0 Å². The van der Waals surface area contributed by atoms with E-state index in [0.717, 1.165) is 40.9 Å². The smallest absolute Gasteiger partial charge is 0.251 e. The highest BCUT2D eigenvalue weighted by molar-refractivity contribution is 5.95. The van der Waals surface area contributed by atoms with Crippen LogP contribution in [0.25, 0.3) is 11.3 Å². The first-order valence-corrected chi connectivity index (χ1v) is 10.6. The summed E-state index contributed by atoms with van der Waals surface area (Å²) in [5.41, 5.74) is 4.93. The Balaban J connectivity index is 1.37. The van der Waals surface area contributed by atoms with E-state index in [1.54, 1.807) is 29.3 Å². The molecule has 0 unspecified atom stereocenters. The van der Waals surface area contributed by atoms with Crippen molar-refractivity contribution in [2.45, 2.75) is 12.8 Å². The number of carbonyl (C=O) groups excluding carboxylic acids is 1. The number of carbonyl (C=O) groups is 1. The standard InChI is InChI=1S/C25H21N7O/c33-25(27-10-1-3-20-16-28-29-17-20)22-7-8-23(32-13-2-11-30-32)21(15-22)6-4-19-5-9-24-26-12-14-31(24)18-19/h2,5,7-9,11-18H,1,3,10H2,(H,27,33)(H,28,29). The molecule has 5 rings (SSSR count). The molecule has 33 heavy (non-hydrogen) atoms. The minimum atomic E-state index is -0.128. The molecule has 0 aliphatic rings. The second-order valence-electron chi connectivity index (χ2n) is 7.51. The number of nitrogens with one attached hydrogen (secondary N) is 2. The highest BCUT2D eigenvalue weighted by Gasteiger charge is 2.10. The number of hydrogen-bond donors (Lipinski definition) is 2. The highest BCUT2D eigenvalue weighted by atomic mass is 16.1. The molecule has 162 valence electrons. The Kier molecular flexibility index (Phi) is 5.68. The van der Waals surface area contributed by atoms with Gasteiger partial charge < -0.3 is 9.72 Å². The van der Waals surface area contributed by atoms with Crippen LogP contribution in [-0.2, 0) is 6.42 Å². The maximum absolute atomic E-state index is 12.7. The van der Waals surface area contributed by atoms with Crippen molar-refractivity contribution in [2.75, 3.05) is 6.54 Å². The monoisotopic (exact) mass is 435 g/mol. The topological polar surface area (TPSA) is 92.9 Å². The molecular weight excluding hydrogens is 414 g/mol. The lowest BCUT2D eigenvalue weighted by atomic mass is 10.1. The lowest BCUT2D eigenvalue weighted by Crippen LogP contribution is -2.25. The van der Waals surface area contributed by atoms with Crippen LogP contribution in [0.2, 0.25) is 0 Å². The van der Waals surface area contributed by atoms with Crippen LogP contribution in [-0.4, -0.2) is 41.8 Å². The summed E-state index contributed by atoms with van der Waals surface area (Å²) in [6.45, 7) is 0.580. The van der Waals surface area contributed by atoms with Gasteiger partial charge in [-0.1, -0.05) is 11.8 Å². The Bertz CT molecular complexity index is 1440. The lowest BCUT2D eigenvalue weighted by molar-refractivity contribution is 0.0953. The number of aromatic nitrogens is 6. The number of hydrogen-bond acceptors (Lipinski definition) is 4. The molecule has 0 spiro atoms. The van der Waals surface area contributed by atoms with Crippen molar-refractivity contribution in [1.29, 1.82) is 0 Å². The summed E-state index contributed by atoms with van der Waals surface area (Å²) < 4.78 is 3.67. The molecule has 0 aliphatic carbocycles. The van der Waals surface area contributed by atoms with Crippen LogP contribution in [0.1, 0.15) is 33.5 Å². The molecule has 1 amide bonds. The molecule has 8 heteroatoms. The maximum Gasteiger partial charge on any atom is 0.251 e. The third-order valence-corrected chi connectivity index (χ3v) is 5.22. The number of amides is 1. The van der Waals surface area contributed by atoms with Gasteiger partial charge in [0.15, 0.2) is 0 Å². The third kappa shape index (κ3) is 4.67. The predicted molar refractivity (Wildman–Crippen MR) is 124 cm³/mol. The molecule has 0 aliphatic heterocycles. The van der Waals surface area contributed by atoms with Crippen molar-refractivity contribution in [3.63, 3.8) is 0 Å². The second kappa shape index (κ2) is 9.24. The van der Waals surface area contributed by atoms with Crippen LogP contribution < -0.4 is 5.32 Å². The van der Waals surface area contributed by atoms with Gasteiger partial charge in [0, 0.05) is 54.9 Å². The van der Waals surface area contributed by atoms with Crippen LogP contribution in [0, 0.1) is 11.8 Å². The first-order chi connectivity index (χ1) is 16.3. The quantitative estimate of drug-likeness (QED) is 0.317. The number of nitrogens with zero attached hydrogens (tertiary/aromatic N) is 5. The van der Waals surface area contributed by atoms with Crippen molar-refractivity contribution >= 4 is 11.6 Å². The summed E-state index contributed by atoms with van der Waals surface area (Å²) in [5, 5.41) is 14.0. The van der Waals surface area contributed by atoms with Gasteiger partial charge in [-0.05, 0) is 54.8 Å². The summed E-state index contributed by atoms with van der Waals surface area (Å²) in [7, 11) is 0. The largest absolute Gasteiger partial charge is 0.352 e. The number of benzene rings is 1. The van der Waals surface area contributed by atoms with E-state index >= 15 is 0 Å². The van der Waals surface area contributed by atoms with Gasteiger partial charge in [0.05, 0.1) is 17.4 Å². The van der Waals surface area contributed by atoms with Crippen LogP contribution in [0.15, 0.2) is 79.8 Å². The lowest BCUT2D eigenvalue weighted by Gasteiger charge is -2.09. The van der Waals surface area contributed by atoms with Crippen molar-refractivity contribution in [3.05, 3.63) is 102 Å². The number of aromatic amines is 1. The van der Waals surface area contributed by atoms with Crippen LogP contribution >= 0.6 is 0 Å². The molecule has 0 saturated heterocycles. The SMILES string of the molecule is O=C(NCCCc1cn[nH]c1)c1ccc(-n2cccn2)c(C#Cc2ccc3nccn3c2)c1. The number of H-pyrrole nitrogens is 1. The predicted octanol–water partition coefficient (Wildman–Crippen LogP) is 3.01. The summed E-state index contributed by atoms with van der Waals surface area (Å²) in [4.78, 5) is 17.0. The molecule has 4 aromatic heterocycles. The van der Waals surface area contributed by atoms with E-state index < -0.39 is 0 Å². The number of rotatable bonds is 6. The van der Waals surface area contributed by atoms with E-state index in [1.165, 1.54) is 0 Å². The van der Waals surface area contributed by atoms with E-state index in [2.05, 4.69) is 37.4 Å². The van der Waals surface area contributed by atoms with E-state index in [4.69, 9.17) is 0 Å². The summed E-state index contributed by atoms with van der Waals surface area (Å²) in [5.74, 6) is 6.29. The van der Waals surface area contributed by atoms with Gasteiger partial charge in [0.25, 0.3) is 5.91 Å². The molecule has 4 heterocycles.